The molecule has 2 heterocycles. The van der Waals surface area contributed by atoms with Crippen LogP contribution < -0.4 is 5.32 Å². The molecule has 2 rings (SSSR count). The van der Waals surface area contributed by atoms with Gasteiger partial charge >= 0.3 is 0 Å². The van der Waals surface area contributed by atoms with Gasteiger partial charge in [-0.3, -0.25) is 14.2 Å². The van der Waals surface area contributed by atoms with Crippen molar-refractivity contribution in [3.63, 3.8) is 0 Å². The normalized spacial score (nSPS) is 10.7. The quantitative estimate of drug-likeness (QED) is 0.899. The summed E-state index contributed by atoms with van der Waals surface area (Å²) in [5.41, 5.74) is 3.67. The van der Waals surface area contributed by atoms with E-state index in [0.717, 1.165) is 17.0 Å². The zero-order chi connectivity index (χ0) is 14.0. The molecule has 0 saturated carbocycles. The van der Waals surface area contributed by atoms with Crippen LogP contribution in [-0.2, 0) is 20.1 Å². The Bertz CT molecular complexity index is 596. The molecule has 0 aliphatic heterocycles. The van der Waals surface area contributed by atoms with Crippen LogP contribution in [0.3, 0.4) is 0 Å². The number of rotatable bonds is 4. The summed E-state index contributed by atoms with van der Waals surface area (Å²) in [5, 5.41) is 11.3. The van der Waals surface area contributed by atoms with Gasteiger partial charge in [0.15, 0.2) is 0 Å². The van der Waals surface area contributed by atoms with Crippen LogP contribution in [0.1, 0.15) is 34.4 Å². The fourth-order valence-corrected chi connectivity index (χ4v) is 2.11. The van der Waals surface area contributed by atoms with Gasteiger partial charge in [-0.2, -0.15) is 10.2 Å². The third-order valence-electron chi connectivity index (χ3n) is 3.33. The lowest BCUT2D eigenvalue weighted by atomic mass is 10.2. The molecule has 0 bridgehead atoms. The number of nitrogens with one attached hydrogen (secondary N) is 1. The van der Waals surface area contributed by atoms with Crippen LogP contribution in [0.25, 0.3) is 0 Å². The van der Waals surface area contributed by atoms with E-state index in [0.29, 0.717) is 18.8 Å². The zero-order valence-corrected chi connectivity index (χ0v) is 11.8. The topological polar surface area (TPSA) is 64.7 Å². The first kappa shape index (κ1) is 13.3. The molecule has 0 spiro atoms. The number of hydrogen-bond donors (Lipinski definition) is 1. The van der Waals surface area contributed by atoms with Crippen molar-refractivity contribution in [1.29, 1.82) is 0 Å². The smallest absolute Gasteiger partial charge is 0.269 e. The standard InChI is InChI=1S/C13H19N5O/c1-5-18-12(6-7-15-18)13(19)14-8-11-9(2)16-17(4)10(11)3/h6-7H,5,8H2,1-4H3,(H,14,19). The summed E-state index contributed by atoms with van der Waals surface area (Å²) in [6, 6.07) is 1.72. The van der Waals surface area contributed by atoms with E-state index in [1.165, 1.54) is 0 Å². The molecule has 0 fully saturated rings. The van der Waals surface area contributed by atoms with E-state index in [2.05, 4.69) is 15.5 Å². The van der Waals surface area contributed by atoms with Crippen molar-refractivity contribution in [3.8, 4) is 0 Å². The predicted molar refractivity (Wildman–Crippen MR) is 71.8 cm³/mol. The van der Waals surface area contributed by atoms with E-state index >= 15 is 0 Å². The number of carbonyl (C=O) groups is 1. The molecule has 0 aromatic carbocycles. The fraction of sp³-hybridized carbons (Fsp3) is 0.462. The van der Waals surface area contributed by atoms with E-state index in [-0.39, 0.29) is 5.91 Å². The van der Waals surface area contributed by atoms with Crippen molar-refractivity contribution in [3.05, 3.63) is 34.9 Å². The summed E-state index contributed by atoms with van der Waals surface area (Å²) in [4.78, 5) is 12.1. The van der Waals surface area contributed by atoms with Gasteiger partial charge in [-0.25, -0.2) is 0 Å². The molecule has 19 heavy (non-hydrogen) atoms. The molecular formula is C13H19N5O. The maximum absolute atomic E-state index is 12.1. The highest BCUT2D eigenvalue weighted by Gasteiger charge is 2.13. The van der Waals surface area contributed by atoms with E-state index in [1.807, 2.05) is 32.5 Å². The largest absolute Gasteiger partial charge is 0.346 e. The van der Waals surface area contributed by atoms with Crippen LogP contribution in [0.4, 0.5) is 0 Å². The second-order valence-electron chi connectivity index (χ2n) is 4.49. The molecule has 2 aromatic heterocycles. The molecule has 0 saturated heterocycles. The van der Waals surface area contributed by atoms with Gasteiger partial charge in [0.1, 0.15) is 5.69 Å². The van der Waals surface area contributed by atoms with Gasteiger partial charge in [0, 0.05) is 37.6 Å². The number of carbonyl (C=O) groups excluding carboxylic acids is 1. The molecule has 0 atom stereocenters. The van der Waals surface area contributed by atoms with E-state index in [1.54, 1.807) is 16.9 Å². The summed E-state index contributed by atoms with van der Waals surface area (Å²) < 4.78 is 3.51. The van der Waals surface area contributed by atoms with Crippen molar-refractivity contribution in [2.24, 2.45) is 7.05 Å². The van der Waals surface area contributed by atoms with Crippen LogP contribution in [-0.4, -0.2) is 25.5 Å². The summed E-state index contributed by atoms with van der Waals surface area (Å²) in [6.07, 6.45) is 1.64. The molecule has 1 amide bonds. The minimum atomic E-state index is -0.109. The first-order valence-corrected chi connectivity index (χ1v) is 6.33. The Balaban J connectivity index is 2.09. The Labute approximate surface area is 112 Å². The monoisotopic (exact) mass is 261 g/mol. The van der Waals surface area contributed by atoms with Crippen molar-refractivity contribution in [2.45, 2.75) is 33.9 Å². The van der Waals surface area contributed by atoms with Gasteiger partial charge in [0.2, 0.25) is 0 Å². The SMILES string of the molecule is CCn1nccc1C(=O)NCc1c(C)nn(C)c1C. The van der Waals surface area contributed by atoms with Gasteiger partial charge in [-0.1, -0.05) is 0 Å². The van der Waals surface area contributed by atoms with Crippen LogP contribution in [0.2, 0.25) is 0 Å². The van der Waals surface area contributed by atoms with E-state index in [4.69, 9.17) is 0 Å². The Morgan fingerprint density at radius 2 is 2.16 bits per heavy atom. The third-order valence-corrected chi connectivity index (χ3v) is 3.33. The number of aryl methyl sites for hydroxylation is 3. The van der Waals surface area contributed by atoms with Crippen LogP contribution in [0, 0.1) is 13.8 Å². The Kier molecular flexibility index (Phi) is 3.69. The average Bonchev–Trinajstić information content (AvgIpc) is 2.94. The van der Waals surface area contributed by atoms with E-state index < -0.39 is 0 Å². The second-order valence-corrected chi connectivity index (χ2v) is 4.49. The van der Waals surface area contributed by atoms with Crippen LogP contribution >= 0.6 is 0 Å². The fourth-order valence-electron chi connectivity index (χ4n) is 2.11. The maximum atomic E-state index is 12.1. The number of hydrogen-bond acceptors (Lipinski definition) is 3. The Morgan fingerprint density at radius 3 is 2.74 bits per heavy atom. The van der Waals surface area contributed by atoms with Crippen molar-refractivity contribution in [1.82, 2.24) is 24.9 Å². The first-order valence-electron chi connectivity index (χ1n) is 6.33. The molecule has 102 valence electrons. The number of nitrogens with zero attached hydrogens (tertiary/aromatic N) is 4. The summed E-state index contributed by atoms with van der Waals surface area (Å²) in [6.45, 7) is 7.07. The highest BCUT2D eigenvalue weighted by atomic mass is 16.2. The Hall–Kier alpha value is -2.11. The molecule has 6 nitrogen and oxygen atoms in total. The maximum Gasteiger partial charge on any atom is 0.269 e. The summed E-state index contributed by atoms with van der Waals surface area (Å²) in [7, 11) is 1.90. The predicted octanol–water partition coefficient (Wildman–Crippen LogP) is 1.18. The summed E-state index contributed by atoms with van der Waals surface area (Å²) >= 11 is 0. The summed E-state index contributed by atoms with van der Waals surface area (Å²) in [5.74, 6) is -0.109. The Morgan fingerprint density at radius 1 is 1.42 bits per heavy atom. The third kappa shape index (κ3) is 2.52. The highest BCUT2D eigenvalue weighted by molar-refractivity contribution is 5.92. The molecule has 0 unspecified atom stereocenters. The number of aromatic nitrogens is 4. The minimum Gasteiger partial charge on any atom is -0.346 e. The average molecular weight is 261 g/mol. The van der Waals surface area contributed by atoms with Crippen molar-refractivity contribution >= 4 is 5.91 Å². The van der Waals surface area contributed by atoms with Gasteiger partial charge in [0.05, 0.1) is 5.69 Å². The van der Waals surface area contributed by atoms with Gasteiger partial charge < -0.3 is 5.32 Å². The second kappa shape index (κ2) is 5.26. The molecule has 2 aromatic rings. The lowest BCUT2D eigenvalue weighted by Gasteiger charge is -2.07. The number of amides is 1. The van der Waals surface area contributed by atoms with Gasteiger partial charge in [-0.15, -0.1) is 0 Å². The van der Waals surface area contributed by atoms with Gasteiger partial charge in [0.25, 0.3) is 5.91 Å². The molecule has 1 N–H and O–H groups in total. The molecule has 0 radical (unpaired) electrons. The highest BCUT2D eigenvalue weighted by Crippen LogP contribution is 2.11. The molecular weight excluding hydrogens is 242 g/mol. The molecule has 0 aliphatic rings. The van der Waals surface area contributed by atoms with E-state index in [9.17, 15) is 4.79 Å². The van der Waals surface area contributed by atoms with Crippen LogP contribution in [0.5, 0.6) is 0 Å². The lowest BCUT2D eigenvalue weighted by molar-refractivity contribution is 0.0940. The molecule has 0 aliphatic carbocycles. The minimum absolute atomic E-state index is 0.109. The lowest BCUT2D eigenvalue weighted by Crippen LogP contribution is -2.26. The van der Waals surface area contributed by atoms with Crippen molar-refractivity contribution in [2.75, 3.05) is 0 Å². The molecule has 6 heteroatoms. The van der Waals surface area contributed by atoms with Crippen LogP contribution in [0.15, 0.2) is 12.3 Å². The van der Waals surface area contributed by atoms with Gasteiger partial charge in [-0.05, 0) is 26.8 Å². The zero-order valence-electron chi connectivity index (χ0n) is 11.8. The van der Waals surface area contributed by atoms with Crippen molar-refractivity contribution < 1.29 is 4.79 Å². The first-order chi connectivity index (χ1) is 9.04.